The summed E-state index contributed by atoms with van der Waals surface area (Å²) in [4.78, 5) is 15.1. The third-order valence-corrected chi connectivity index (χ3v) is 2.56. The van der Waals surface area contributed by atoms with Gasteiger partial charge in [0.1, 0.15) is 17.1 Å². The van der Waals surface area contributed by atoms with E-state index < -0.39 is 11.8 Å². The molecule has 0 radical (unpaired) electrons. The third kappa shape index (κ3) is 2.70. The van der Waals surface area contributed by atoms with Crippen LogP contribution in [0.15, 0.2) is 36.7 Å². The van der Waals surface area contributed by atoms with Gasteiger partial charge in [-0.25, -0.2) is 9.18 Å². The molecule has 0 saturated carbocycles. The second-order valence-electron chi connectivity index (χ2n) is 3.81. The van der Waals surface area contributed by atoms with Crippen molar-refractivity contribution in [3.8, 4) is 16.9 Å². The highest BCUT2D eigenvalue weighted by Gasteiger charge is 2.17. The number of benzene rings is 1. The largest absolute Gasteiger partial charge is 0.492 e. The maximum Gasteiger partial charge on any atom is 0.339 e. The molecule has 98 valence electrons. The van der Waals surface area contributed by atoms with Gasteiger partial charge in [-0.3, -0.25) is 4.98 Å². The highest BCUT2D eigenvalue weighted by Crippen LogP contribution is 2.27. The van der Waals surface area contributed by atoms with Crippen LogP contribution in [0.4, 0.5) is 4.39 Å². The summed E-state index contributed by atoms with van der Waals surface area (Å²) < 4.78 is 18.9. The van der Waals surface area contributed by atoms with E-state index in [4.69, 9.17) is 9.84 Å². The van der Waals surface area contributed by atoms with Gasteiger partial charge in [-0.05, 0) is 19.1 Å². The Hall–Kier alpha value is -2.43. The lowest BCUT2D eigenvalue weighted by molar-refractivity contribution is 0.0693. The molecule has 0 saturated heterocycles. The molecule has 0 aliphatic heterocycles. The lowest BCUT2D eigenvalue weighted by atomic mass is 10.0. The fraction of sp³-hybridized carbons (Fsp3) is 0.143. The number of carboxylic acid groups (broad SMARTS) is 1. The van der Waals surface area contributed by atoms with Crippen molar-refractivity contribution in [2.75, 3.05) is 6.61 Å². The average Bonchev–Trinajstić information content (AvgIpc) is 2.38. The first-order valence-corrected chi connectivity index (χ1v) is 5.73. The van der Waals surface area contributed by atoms with Crippen LogP contribution in [0.5, 0.6) is 5.75 Å². The van der Waals surface area contributed by atoms with E-state index in [1.807, 2.05) is 6.92 Å². The van der Waals surface area contributed by atoms with Crippen LogP contribution in [0.25, 0.3) is 11.1 Å². The molecule has 1 N–H and O–H groups in total. The number of halogens is 1. The minimum atomic E-state index is -1.31. The number of hydrogen-bond donors (Lipinski definition) is 1. The van der Waals surface area contributed by atoms with E-state index in [-0.39, 0.29) is 11.1 Å². The summed E-state index contributed by atoms with van der Waals surface area (Å²) in [6.45, 7) is 2.30. The number of ether oxygens (including phenoxy) is 1. The van der Waals surface area contributed by atoms with Gasteiger partial charge in [-0.15, -0.1) is 0 Å². The molecule has 1 heterocycles. The molecule has 1 aromatic heterocycles. The predicted molar refractivity (Wildman–Crippen MR) is 67.8 cm³/mol. The summed E-state index contributed by atoms with van der Waals surface area (Å²) >= 11 is 0. The Morgan fingerprint density at radius 1 is 1.42 bits per heavy atom. The molecule has 0 aliphatic carbocycles. The monoisotopic (exact) mass is 261 g/mol. The first-order valence-electron chi connectivity index (χ1n) is 5.73. The van der Waals surface area contributed by atoms with Crippen LogP contribution in [0.1, 0.15) is 17.3 Å². The maximum absolute atomic E-state index is 13.6. The van der Waals surface area contributed by atoms with Crippen LogP contribution in [0, 0.1) is 5.82 Å². The SMILES string of the molecule is CCOc1cncc(-c2cccc(F)c2C(=O)O)c1. The summed E-state index contributed by atoms with van der Waals surface area (Å²) in [7, 11) is 0. The zero-order valence-electron chi connectivity index (χ0n) is 10.3. The van der Waals surface area contributed by atoms with E-state index in [1.165, 1.54) is 18.5 Å². The van der Waals surface area contributed by atoms with Crippen LogP contribution < -0.4 is 4.74 Å². The number of carboxylic acids is 1. The van der Waals surface area contributed by atoms with Gasteiger partial charge in [0, 0.05) is 17.3 Å². The third-order valence-electron chi connectivity index (χ3n) is 2.56. The van der Waals surface area contributed by atoms with E-state index >= 15 is 0 Å². The van der Waals surface area contributed by atoms with Gasteiger partial charge in [-0.1, -0.05) is 12.1 Å². The van der Waals surface area contributed by atoms with Crippen LogP contribution in [-0.4, -0.2) is 22.7 Å². The summed E-state index contributed by atoms with van der Waals surface area (Å²) in [6.07, 6.45) is 3.00. The Morgan fingerprint density at radius 2 is 2.21 bits per heavy atom. The van der Waals surface area contributed by atoms with Crippen molar-refractivity contribution >= 4 is 5.97 Å². The number of aromatic nitrogens is 1. The van der Waals surface area contributed by atoms with Crippen LogP contribution in [0.2, 0.25) is 0 Å². The zero-order valence-corrected chi connectivity index (χ0v) is 10.3. The second-order valence-corrected chi connectivity index (χ2v) is 3.81. The van der Waals surface area contributed by atoms with Crippen LogP contribution >= 0.6 is 0 Å². The molecule has 19 heavy (non-hydrogen) atoms. The van der Waals surface area contributed by atoms with Gasteiger partial charge in [0.2, 0.25) is 0 Å². The van der Waals surface area contributed by atoms with E-state index in [9.17, 15) is 9.18 Å². The first-order chi connectivity index (χ1) is 9.13. The molecule has 0 amide bonds. The molecule has 0 fully saturated rings. The van der Waals surface area contributed by atoms with Crippen LogP contribution in [-0.2, 0) is 0 Å². The fourth-order valence-corrected chi connectivity index (χ4v) is 1.79. The molecule has 4 nitrogen and oxygen atoms in total. The molecular weight excluding hydrogens is 249 g/mol. The van der Waals surface area contributed by atoms with Gasteiger partial charge >= 0.3 is 5.97 Å². The van der Waals surface area contributed by atoms with E-state index in [2.05, 4.69) is 4.98 Å². The molecule has 2 rings (SSSR count). The van der Waals surface area contributed by atoms with Crippen molar-refractivity contribution in [3.05, 3.63) is 48.0 Å². The Balaban J connectivity index is 2.55. The van der Waals surface area contributed by atoms with Gasteiger partial charge in [0.15, 0.2) is 0 Å². The smallest absolute Gasteiger partial charge is 0.339 e. The van der Waals surface area contributed by atoms with Crippen molar-refractivity contribution in [1.82, 2.24) is 4.98 Å². The van der Waals surface area contributed by atoms with Crippen molar-refractivity contribution < 1.29 is 19.0 Å². The highest BCUT2D eigenvalue weighted by molar-refractivity contribution is 5.96. The molecule has 0 unspecified atom stereocenters. The van der Waals surface area contributed by atoms with Crippen molar-refractivity contribution in [1.29, 1.82) is 0 Å². The number of pyridine rings is 1. The average molecular weight is 261 g/mol. The van der Waals surface area contributed by atoms with Crippen molar-refractivity contribution in [2.45, 2.75) is 6.92 Å². The first kappa shape index (κ1) is 13.0. The van der Waals surface area contributed by atoms with E-state index in [0.29, 0.717) is 17.9 Å². The van der Waals surface area contributed by atoms with Crippen LogP contribution in [0.3, 0.4) is 0 Å². The topological polar surface area (TPSA) is 59.4 Å². The predicted octanol–water partition coefficient (Wildman–Crippen LogP) is 2.98. The molecule has 1 aromatic carbocycles. The summed E-state index contributed by atoms with van der Waals surface area (Å²) in [5.41, 5.74) is 0.419. The Kier molecular flexibility index (Phi) is 3.75. The van der Waals surface area contributed by atoms with Gasteiger partial charge in [-0.2, -0.15) is 0 Å². The molecule has 0 bridgehead atoms. The summed E-state index contributed by atoms with van der Waals surface area (Å²) in [5, 5.41) is 9.09. The van der Waals surface area contributed by atoms with Gasteiger partial charge in [0.05, 0.1) is 12.8 Å². The highest BCUT2D eigenvalue weighted by atomic mass is 19.1. The lowest BCUT2D eigenvalue weighted by Gasteiger charge is -2.08. The maximum atomic E-state index is 13.6. The molecular formula is C14H12FNO3. The number of hydrogen-bond acceptors (Lipinski definition) is 3. The number of carbonyl (C=O) groups is 1. The van der Waals surface area contributed by atoms with Crippen molar-refractivity contribution in [2.24, 2.45) is 0 Å². The van der Waals surface area contributed by atoms with Crippen molar-refractivity contribution in [3.63, 3.8) is 0 Å². The minimum Gasteiger partial charge on any atom is -0.492 e. The quantitative estimate of drug-likeness (QED) is 0.919. The standard InChI is InChI=1S/C14H12FNO3/c1-2-19-10-6-9(7-16-8-10)11-4-3-5-12(15)13(11)14(17)18/h3-8H,2H2,1H3,(H,17,18). The summed E-state index contributed by atoms with van der Waals surface area (Å²) in [5.74, 6) is -1.57. The zero-order chi connectivity index (χ0) is 13.8. The molecule has 0 atom stereocenters. The number of aromatic carboxylic acids is 1. The Labute approximate surface area is 109 Å². The molecule has 0 spiro atoms. The minimum absolute atomic E-state index is 0.279. The number of nitrogens with zero attached hydrogens (tertiary/aromatic N) is 1. The van der Waals surface area contributed by atoms with E-state index in [1.54, 1.807) is 12.1 Å². The van der Waals surface area contributed by atoms with Gasteiger partial charge in [0.25, 0.3) is 0 Å². The number of rotatable bonds is 4. The molecule has 5 heteroatoms. The Morgan fingerprint density at radius 3 is 2.89 bits per heavy atom. The molecule has 0 aliphatic rings. The van der Waals surface area contributed by atoms with Gasteiger partial charge < -0.3 is 9.84 Å². The Bertz CT molecular complexity index is 613. The second kappa shape index (κ2) is 5.48. The summed E-state index contributed by atoms with van der Waals surface area (Å²) in [6, 6.07) is 5.76. The lowest BCUT2D eigenvalue weighted by Crippen LogP contribution is -2.03. The normalized spacial score (nSPS) is 10.2. The molecule has 2 aromatic rings. The van der Waals surface area contributed by atoms with E-state index in [0.717, 1.165) is 6.07 Å². The fourth-order valence-electron chi connectivity index (χ4n) is 1.79.